The minimum absolute atomic E-state index is 0.0972. The molecule has 0 aliphatic carbocycles. The lowest BCUT2D eigenvalue weighted by molar-refractivity contribution is 0.444. The number of fused-ring (bicyclic) bond motifs is 3. The van der Waals surface area contributed by atoms with Crippen LogP contribution in [0.2, 0.25) is 0 Å². The van der Waals surface area contributed by atoms with Crippen molar-refractivity contribution in [1.82, 2.24) is 4.98 Å². The Morgan fingerprint density at radius 3 is 2.83 bits per heavy atom. The fraction of sp³-hybridized carbons (Fsp3) is 0.333. The Bertz CT molecular complexity index is 1310. The molecule has 0 radical (unpaired) electrons. The van der Waals surface area contributed by atoms with Gasteiger partial charge in [0.05, 0.1) is 0 Å². The summed E-state index contributed by atoms with van der Waals surface area (Å²) in [7, 11) is 0. The summed E-state index contributed by atoms with van der Waals surface area (Å²) in [5, 5.41) is 0.951. The van der Waals surface area contributed by atoms with Crippen LogP contribution in [0, 0.1) is 0 Å². The molecule has 0 saturated heterocycles. The molecule has 0 amide bonds. The molecule has 5 heteroatoms. The highest BCUT2D eigenvalue weighted by atomic mass is 16.4. The van der Waals surface area contributed by atoms with Crippen molar-refractivity contribution in [2.75, 3.05) is 18.0 Å². The highest BCUT2D eigenvalue weighted by Crippen LogP contribution is 2.46. The molecular weight excluding hydrogens is 364 g/mol. The lowest BCUT2D eigenvalue weighted by Crippen LogP contribution is -2.40. The third-order valence-electron chi connectivity index (χ3n) is 6.52. The number of aryl methyl sites for hydroxylation is 1. The summed E-state index contributed by atoms with van der Waals surface area (Å²) in [6.45, 7) is 6.75. The fourth-order valence-electron chi connectivity index (χ4n) is 4.90. The van der Waals surface area contributed by atoms with Gasteiger partial charge in [0.15, 0.2) is 5.58 Å². The van der Waals surface area contributed by atoms with Gasteiger partial charge in [0.25, 0.3) is 0 Å². The van der Waals surface area contributed by atoms with Crippen LogP contribution in [0.5, 0.6) is 0 Å². The third-order valence-corrected chi connectivity index (χ3v) is 6.52. The van der Waals surface area contributed by atoms with Crippen LogP contribution < -0.4 is 10.5 Å². The van der Waals surface area contributed by atoms with Gasteiger partial charge in [-0.2, -0.15) is 0 Å². The van der Waals surface area contributed by atoms with Gasteiger partial charge in [0.2, 0.25) is 5.89 Å². The molecule has 0 unspecified atom stereocenters. The molecule has 6 rings (SSSR count). The van der Waals surface area contributed by atoms with Gasteiger partial charge < -0.3 is 13.7 Å². The molecule has 146 valence electrons. The second-order valence-electron chi connectivity index (χ2n) is 8.83. The molecule has 2 aromatic heterocycles. The molecule has 2 aromatic carbocycles. The monoisotopic (exact) mass is 386 g/mol. The molecule has 4 aromatic rings. The van der Waals surface area contributed by atoms with Crippen LogP contribution in [0.4, 0.5) is 5.69 Å². The van der Waals surface area contributed by atoms with Gasteiger partial charge in [-0.3, -0.25) is 0 Å². The maximum absolute atomic E-state index is 12.9. The van der Waals surface area contributed by atoms with Gasteiger partial charge in [-0.25, -0.2) is 9.78 Å². The first kappa shape index (κ1) is 16.8. The number of aromatic nitrogens is 1. The van der Waals surface area contributed by atoms with Crippen molar-refractivity contribution in [2.24, 2.45) is 0 Å². The van der Waals surface area contributed by atoms with E-state index in [1.807, 2.05) is 30.3 Å². The van der Waals surface area contributed by atoms with Gasteiger partial charge in [-0.05, 0) is 54.5 Å². The van der Waals surface area contributed by atoms with E-state index in [-0.39, 0.29) is 5.41 Å². The van der Waals surface area contributed by atoms with Crippen molar-refractivity contribution in [1.29, 1.82) is 0 Å². The first-order valence-electron chi connectivity index (χ1n) is 10.3. The van der Waals surface area contributed by atoms with Crippen molar-refractivity contribution in [2.45, 2.75) is 38.5 Å². The summed E-state index contributed by atoms with van der Waals surface area (Å²) in [5.74, 6) is 0.314. The fourth-order valence-corrected chi connectivity index (χ4v) is 4.90. The molecule has 5 nitrogen and oxygen atoms in total. The smallest absolute Gasteiger partial charge is 0.349 e. The molecule has 4 heterocycles. The molecule has 0 spiro atoms. The van der Waals surface area contributed by atoms with Crippen LogP contribution in [-0.2, 0) is 11.8 Å². The topological polar surface area (TPSA) is 59.5 Å². The van der Waals surface area contributed by atoms with Crippen molar-refractivity contribution >= 4 is 27.8 Å². The molecule has 0 atom stereocenters. The molecule has 2 aliphatic rings. The Balaban J connectivity index is 1.64. The van der Waals surface area contributed by atoms with E-state index in [2.05, 4.69) is 29.8 Å². The molecule has 0 fully saturated rings. The summed E-state index contributed by atoms with van der Waals surface area (Å²) in [6.07, 6.45) is 3.15. The van der Waals surface area contributed by atoms with Crippen LogP contribution in [-0.4, -0.2) is 18.1 Å². The standard InChI is InChI=1S/C24H22N2O3/c1-24(2)9-11-26-10-5-6-15-20(26)17(24)13-14-12-16(23(27)29-21(14)15)22-25-18-7-3-4-8-19(18)28-22/h3-4,7-8,12-13H,5-6,9-11H2,1-2H3. The molecule has 0 N–H and O–H groups in total. The average Bonchev–Trinajstić information content (AvgIpc) is 3.14. The third kappa shape index (κ3) is 2.40. The number of rotatable bonds is 1. The summed E-state index contributed by atoms with van der Waals surface area (Å²) >= 11 is 0. The number of nitrogens with zero attached hydrogens (tertiary/aromatic N) is 2. The Hall–Kier alpha value is -3.08. The van der Waals surface area contributed by atoms with Crippen LogP contribution in [0.15, 0.2) is 50.0 Å². The summed E-state index contributed by atoms with van der Waals surface area (Å²) in [6, 6.07) is 11.6. The molecule has 0 bridgehead atoms. The van der Waals surface area contributed by atoms with Gasteiger partial charge >= 0.3 is 5.63 Å². The average molecular weight is 386 g/mol. The van der Waals surface area contributed by atoms with Crippen molar-refractivity contribution in [3.63, 3.8) is 0 Å². The lowest BCUT2D eigenvalue weighted by Gasteiger charge is -2.43. The van der Waals surface area contributed by atoms with E-state index in [1.54, 1.807) is 0 Å². The van der Waals surface area contributed by atoms with E-state index >= 15 is 0 Å². The zero-order chi connectivity index (χ0) is 19.8. The van der Waals surface area contributed by atoms with Crippen LogP contribution in [0.3, 0.4) is 0 Å². The molecular formula is C24H22N2O3. The lowest BCUT2D eigenvalue weighted by atomic mass is 9.74. The summed E-state index contributed by atoms with van der Waals surface area (Å²) < 4.78 is 11.7. The minimum Gasteiger partial charge on any atom is -0.436 e. The first-order chi connectivity index (χ1) is 14.0. The number of para-hydroxylation sites is 2. The van der Waals surface area contributed by atoms with E-state index in [0.717, 1.165) is 48.8 Å². The summed E-state index contributed by atoms with van der Waals surface area (Å²) in [4.78, 5) is 19.9. The first-order valence-corrected chi connectivity index (χ1v) is 10.3. The van der Waals surface area contributed by atoms with Crippen LogP contribution >= 0.6 is 0 Å². The Labute approximate surface area is 167 Å². The zero-order valence-corrected chi connectivity index (χ0v) is 16.6. The number of oxazole rings is 1. The predicted octanol–water partition coefficient (Wildman–Crippen LogP) is 5.04. The van der Waals surface area contributed by atoms with Gasteiger partial charge in [-0.1, -0.05) is 26.0 Å². The van der Waals surface area contributed by atoms with E-state index < -0.39 is 5.63 Å². The van der Waals surface area contributed by atoms with E-state index in [9.17, 15) is 4.79 Å². The van der Waals surface area contributed by atoms with Gasteiger partial charge in [0, 0.05) is 29.7 Å². The SMILES string of the molecule is CC1(C)CCN2CCCc3c2c1cc1cc(-c2nc4ccccc4o2)c(=O)oc31. The number of hydrogen-bond acceptors (Lipinski definition) is 5. The van der Waals surface area contributed by atoms with Crippen LogP contribution in [0.25, 0.3) is 33.5 Å². The Morgan fingerprint density at radius 1 is 1.10 bits per heavy atom. The maximum atomic E-state index is 12.9. The zero-order valence-electron chi connectivity index (χ0n) is 16.6. The van der Waals surface area contributed by atoms with E-state index in [0.29, 0.717) is 17.0 Å². The second kappa shape index (κ2) is 5.72. The van der Waals surface area contributed by atoms with Crippen molar-refractivity contribution in [3.05, 3.63) is 57.9 Å². The Morgan fingerprint density at radius 2 is 1.97 bits per heavy atom. The van der Waals surface area contributed by atoms with Crippen molar-refractivity contribution in [3.8, 4) is 11.5 Å². The number of anilines is 1. The predicted molar refractivity (Wildman–Crippen MR) is 114 cm³/mol. The van der Waals surface area contributed by atoms with Gasteiger partial charge in [0.1, 0.15) is 16.7 Å². The molecule has 29 heavy (non-hydrogen) atoms. The summed E-state index contributed by atoms with van der Waals surface area (Å²) in [5.41, 5.74) is 6.02. The number of benzene rings is 2. The van der Waals surface area contributed by atoms with Crippen LogP contribution in [0.1, 0.15) is 37.8 Å². The van der Waals surface area contributed by atoms with Crippen molar-refractivity contribution < 1.29 is 8.83 Å². The highest BCUT2D eigenvalue weighted by Gasteiger charge is 2.36. The quantitative estimate of drug-likeness (QED) is 0.429. The second-order valence-corrected chi connectivity index (χ2v) is 8.83. The highest BCUT2D eigenvalue weighted by molar-refractivity contribution is 5.91. The van der Waals surface area contributed by atoms with E-state index in [1.165, 1.54) is 16.8 Å². The van der Waals surface area contributed by atoms with E-state index in [4.69, 9.17) is 8.83 Å². The number of hydrogen-bond donors (Lipinski definition) is 0. The largest absolute Gasteiger partial charge is 0.436 e. The molecule has 0 saturated carbocycles. The Kier molecular flexibility index (Phi) is 3.32. The maximum Gasteiger partial charge on any atom is 0.349 e. The molecule has 2 aliphatic heterocycles. The van der Waals surface area contributed by atoms with Gasteiger partial charge in [-0.15, -0.1) is 0 Å². The normalized spacial score (nSPS) is 17.7. The minimum atomic E-state index is -0.396.